The van der Waals surface area contributed by atoms with Crippen LogP contribution in [0.1, 0.15) is 0 Å². The molecule has 0 aliphatic carbocycles. The zero-order valence-corrected chi connectivity index (χ0v) is 10.6. The monoisotopic (exact) mass is 229 g/mol. The molecule has 0 heterocycles. The van der Waals surface area contributed by atoms with Crippen LogP contribution in [0.25, 0.3) is 0 Å². The van der Waals surface area contributed by atoms with Crippen LogP contribution < -0.4 is 14.2 Å². The summed E-state index contributed by atoms with van der Waals surface area (Å²) in [5.74, 6) is 2.39. The summed E-state index contributed by atoms with van der Waals surface area (Å²) in [7, 11) is 5.03. The van der Waals surface area contributed by atoms with Crippen LogP contribution in [0.5, 0.6) is 17.2 Å². The van der Waals surface area contributed by atoms with Crippen molar-refractivity contribution in [3.63, 3.8) is 0 Å². The molecule has 0 atom stereocenters. The molecule has 0 radical (unpaired) electrons. The molecule has 0 aliphatic rings. The average Bonchev–Trinajstić information content (AvgIpc) is 2.26. The molecule has 1 aromatic carbocycles. The summed E-state index contributed by atoms with van der Waals surface area (Å²) in [6.07, 6.45) is 4.26. The molecular weight excluding hydrogens is 212 g/mol. The normalized spacial score (nSPS) is 10.3. The Balaban J connectivity index is 3.32. The summed E-state index contributed by atoms with van der Waals surface area (Å²) < 4.78 is 15.9. The van der Waals surface area contributed by atoms with Gasteiger partial charge >= 0.3 is 0 Å². The molecule has 0 bridgehead atoms. The van der Waals surface area contributed by atoms with Gasteiger partial charge in [0.15, 0.2) is 11.5 Å². The van der Waals surface area contributed by atoms with Gasteiger partial charge in [-0.05, 0) is 0 Å². The lowest BCUT2D eigenvalue weighted by Gasteiger charge is -2.11. The highest BCUT2D eigenvalue weighted by molar-refractivity contribution is 7.95. The Bertz CT molecular complexity index is 312. The van der Waals surface area contributed by atoms with Gasteiger partial charge in [-0.1, -0.05) is 0 Å². The quantitative estimate of drug-likeness (QED) is 0.739. The lowest BCUT2D eigenvalue weighted by molar-refractivity contribution is 0.361. The number of hydrogen-bond acceptors (Lipinski definition) is 3. The third-order valence-corrected chi connectivity index (χ3v) is 3.30. The van der Waals surface area contributed by atoms with Gasteiger partial charge in [-0.3, -0.25) is 0 Å². The molecule has 0 fully saturated rings. The molecule has 3 nitrogen and oxygen atoms in total. The van der Waals surface area contributed by atoms with Crippen molar-refractivity contribution in [2.24, 2.45) is 0 Å². The topological polar surface area (TPSA) is 27.7 Å². The average molecular weight is 229 g/mol. The molecule has 1 rings (SSSR count). The predicted octanol–water partition coefficient (Wildman–Crippen LogP) is 1.95. The van der Waals surface area contributed by atoms with Gasteiger partial charge in [0.1, 0.15) is 18.3 Å². The first kappa shape index (κ1) is 12.0. The van der Waals surface area contributed by atoms with Crippen molar-refractivity contribution in [1.82, 2.24) is 0 Å². The van der Waals surface area contributed by atoms with Crippen molar-refractivity contribution in [3.05, 3.63) is 12.1 Å². The number of benzene rings is 1. The van der Waals surface area contributed by atoms with Gasteiger partial charge < -0.3 is 14.2 Å². The Morgan fingerprint density at radius 1 is 0.867 bits per heavy atom. The highest BCUT2D eigenvalue weighted by Crippen LogP contribution is 2.37. The van der Waals surface area contributed by atoms with E-state index in [1.807, 2.05) is 12.1 Å². The maximum absolute atomic E-state index is 5.34. The summed E-state index contributed by atoms with van der Waals surface area (Å²) in [5, 5.41) is 0. The van der Waals surface area contributed by atoms with Crippen LogP contribution in [0, 0.1) is 0 Å². The number of methoxy groups -OCH3 is 3. The van der Waals surface area contributed by atoms with E-state index in [0.717, 1.165) is 22.1 Å². The summed E-state index contributed by atoms with van der Waals surface area (Å²) >= 11 is 0. The third-order valence-electron chi connectivity index (χ3n) is 2.08. The van der Waals surface area contributed by atoms with Crippen molar-refractivity contribution >= 4 is 10.9 Å². The lowest BCUT2D eigenvalue weighted by atomic mass is 10.3. The highest BCUT2D eigenvalue weighted by atomic mass is 32.2. The molecular formula is C11H17O3S+. The van der Waals surface area contributed by atoms with E-state index in [1.165, 1.54) is 0 Å². The fourth-order valence-electron chi connectivity index (χ4n) is 1.38. The minimum Gasteiger partial charge on any atom is -0.496 e. The third kappa shape index (κ3) is 2.50. The number of ether oxygens (including phenoxy) is 3. The second-order valence-electron chi connectivity index (χ2n) is 3.18. The van der Waals surface area contributed by atoms with E-state index in [0.29, 0.717) is 0 Å². The molecule has 4 heteroatoms. The molecule has 0 saturated heterocycles. The van der Waals surface area contributed by atoms with Crippen LogP contribution in [-0.4, -0.2) is 33.8 Å². The number of hydrogen-bond donors (Lipinski definition) is 0. The van der Waals surface area contributed by atoms with Crippen molar-refractivity contribution < 1.29 is 14.2 Å². The van der Waals surface area contributed by atoms with Crippen LogP contribution >= 0.6 is 0 Å². The minimum atomic E-state index is 0.0824. The first-order valence-corrected chi connectivity index (χ1v) is 6.55. The van der Waals surface area contributed by atoms with Gasteiger partial charge in [-0.25, -0.2) is 0 Å². The van der Waals surface area contributed by atoms with Crippen molar-refractivity contribution in [1.29, 1.82) is 0 Å². The maximum Gasteiger partial charge on any atom is 0.238 e. The highest BCUT2D eigenvalue weighted by Gasteiger charge is 2.23. The van der Waals surface area contributed by atoms with E-state index in [-0.39, 0.29) is 10.9 Å². The standard InChI is InChI=1S/C11H17O3S/c1-12-8-6-9(13-2)11(15(4)5)10(7-8)14-3/h6-7H,1-5H3/q+1. The van der Waals surface area contributed by atoms with Crippen LogP contribution in [-0.2, 0) is 10.9 Å². The van der Waals surface area contributed by atoms with Crippen molar-refractivity contribution in [2.75, 3.05) is 33.8 Å². The van der Waals surface area contributed by atoms with Gasteiger partial charge in [0.2, 0.25) is 4.90 Å². The predicted molar refractivity (Wildman–Crippen MR) is 63.6 cm³/mol. The Morgan fingerprint density at radius 3 is 1.60 bits per heavy atom. The Kier molecular flexibility index (Phi) is 4.15. The zero-order chi connectivity index (χ0) is 11.4. The minimum absolute atomic E-state index is 0.0824. The van der Waals surface area contributed by atoms with E-state index in [2.05, 4.69) is 12.5 Å². The molecule has 0 unspecified atom stereocenters. The van der Waals surface area contributed by atoms with Crippen LogP contribution in [0.2, 0.25) is 0 Å². The van der Waals surface area contributed by atoms with Gasteiger partial charge in [-0.15, -0.1) is 0 Å². The van der Waals surface area contributed by atoms with E-state index in [9.17, 15) is 0 Å². The molecule has 0 amide bonds. The molecule has 0 aromatic heterocycles. The fourth-order valence-corrected chi connectivity index (χ4v) is 2.47. The molecule has 84 valence electrons. The molecule has 0 aliphatic heterocycles. The fraction of sp³-hybridized carbons (Fsp3) is 0.455. The van der Waals surface area contributed by atoms with Crippen molar-refractivity contribution in [3.8, 4) is 17.2 Å². The maximum atomic E-state index is 5.34. The van der Waals surface area contributed by atoms with E-state index >= 15 is 0 Å². The van der Waals surface area contributed by atoms with E-state index in [1.54, 1.807) is 21.3 Å². The second-order valence-corrected chi connectivity index (χ2v) is 5.22. The molecule has 15 heavy (non-hydrogen) atoms. The second kappa shape index (κ2) is 5.16. The van der Waals surface area contributed by atoms with Gasteiger partial charge in [-0.2, -0.15) is 0 Å². The molecule has 0 spiro atoms. The van der Waals surface area contributed by atoms with Crippen molar-refractivity contribution in [2.45, 2.75) is 4.90 Å². The molecule has 0 N–H and O–H groups in total. The Hall–Kier alpha value is -1.03. The molecule has 0 saturated carbocycles. The largest absolute Gasteiger partial charge is 0.496 e. The molecule has 1 aromatic rings. The Labute approximate surface area is 93.7 Å². The van der Waals surface area contributed by atoms with Crippen LogP contribution in [0.4, 0.5) is 0 Å². The first-order chi connectivity index (χ1) is 7.13. The summed E-state index contributed by atoms with van der Waals surface area (Å²) in [6.45, 7) is 0. The summed E-state index contributed by atoms with van der Waals surface area (Å²) in [4.78, 5) is 1.10. The first-order valence-electron chi connectivity index (χ1n) is 4.51. The lowest BCUT2D eigenvalue weighted by Crippen LogP contribution is -2.03. The SMILES string of the molecule is COc1cc(OC)c([S+](C)C)c(OC)c1. The van der Waals surface area contributed by atoms with E-state index in [4.69, 9.17) is 14.2 Å². The smallest absolute Gasteiger partial charge is 0.238 e. The Morgan fingerprint density at radius 2 is 1.33 bits per heavy atom. The van der Waals surface area contributed by atoms with Gasteiger partial charge in [0, 0.05) is 23.0 Å². The number of rotatable bonds is 4. The summed E-state index contributed by atoms with van der Waals surface area (Å²) in [6, 6.07) is 3.76. The van der Waals surface area contributed by atoms with Crippen LogP contribution in [0.15, 0.2) is 17.0 Å². The van der Waals surface area contributed by atoms with Gasteiger partial charge in [0.25, 0.3) is 0 Å². The zero-order valence-electron chi connectivity index (χ0n) is 9.79. The summed E-state index contributed by atoms with van der Waals surface area (Å²) in [5.41, 5.74) is 0. The van der Waals surface area contributed by atoms with Crippen LogP contribution in [0.3, 0.4) is 0 Å². The van der Waals surface area contributed by atoms with Gasteiger partial charge in [0.05, 0.1) is 21.3 Å². The van der Waals surface area contributed by atoms with E-state index < -0.39 is 0 Å².